The Morgan fingerprint density at radius 1 is 1.50 bits per heavy atom. The van der Waals surface area contributed by atoms with Gasteiger partial charge >= 0.3 is 0 Å². The van der Waals surface area contributed by atoms with Crippen molar-refractivity contribution in [2.75, 3.05) is 17.7 Å². The number of ether oxygens (including phenoxy) is 1. The van der Waals surface area contributed by atoms with Crippen LogP contribution < -0.4 is 11.1 Å². The third-order valence-electron chi connectivity index (χ3n) is 3.66. The molecule has 1 aromatic rings. The number of nitrogens with one attached hydrogen (secondary N) is 1. The molecule has 1 saturated carbocycles. The second-order valence-electron chi connectivity index (χ2n) is 5.35. The summed E-state index contributed by atoms with van der Waals surface area (Å²) in [6, 6.07) is 3.75. The molecule has 110 valence electrons. The minimum Gasteiger partial charge on any atom is -0.397 e. The summed E-state index contributed by atoms with van der Waals surface area (Å²) in [6.07, 6.45) is 2.85. The molecule has 0 radical (unpaired) electrons. The molecule has 0 unspecified atom stereocenters. The van der Waals surface area contributed by atoms with Crippen LogP contribution in [-0.2, 0) is 9.53 Å². The maximum Gasteiger partial charge on any atom is 0.224 e. The molecule has 5 heteroatoms. The molecule has 0 heterocycles. The highest BCUT2D eigenvalue weighted by molar-refractivity contribution is 9.10. The third kappa shape index (κ3) is 3.73. The van der Waals surface area contributed by atoms with Crippen LogP contribution in [0.15, 0.2) is 16.6 Å². The average Bonchev–Trinajstić information content (AvgIpc) is 2.31. The molecule has 2 rings (SSSR count). The van der Waals surface area contributed by atoms with Gasteiger partial charge in [-0.25, -0.2) is 0 Å². The first kappa shape index (κ1) is 15.3. The standard InChI is InChI=1S/C15H21BrN2O2/c1-3-20-12-5-10(6-12)7-14(19)18-15-9(2)4-11(16)8-13(15)17/h4,8,10,12H,3,5-7,17H2,1-2H3,(H,18,19). The van der Waals surface area contributed by atoms with Gasteiger partial charge in [0.15, 0.2) is 0 Å². The minimum absolute atomic E-state index is 0.0297. The number of anilines is 2. The molecule has 0 spiro atoms. The Morgan fingerprint density at radius 3 is 2.80 bits per heavy atom. The Morgan fingerprint density at radius 2 is 2.20 bits per heavy atom. The van der Waals surface area contributed by atoms with Crippen molar-refractivity contribution in [3.63, 3.8) is 0 Å². The van der Waals surface area contributed by atoms with Crippen molar-refractivity contribution < 1.29 is 9.53 Å². The molecule has 0 bridgehead atoms. The van der Waals surface area contributed by atoms with Crippen molar-refractivity contribution in [1.29, 1.82) is 0 Å². The highest BCUT2D eigenvalue weighted by Gasteiger charge is 2.31. The molecule has 1 aliphatic carbocycles. The highest BCUT2D eigenvalue weighted by atomic mass is 79.9. The van der Waals surface area contributed by atoms with Crippen LogP contribution in [0.5, 0.6) is 0 Å². The van der Waals surface area contributed by atoms with Crippen LogP contribution in [0, 0.1) is 12.8 Å². The number of nitrogen functional groups attached to an aromatic ring is 1. The number of aryl methyl sites for hydroxylation is 1. The van der Waals surface area contributed by atoms with Crippen molar-refractivity contribution in [3.05, 3.63) is 22.2 Å². The van der Waals surface area contributed by atoms with E-state index in [-0.39, 0.29) is 5.91 Å². The molecule has 0 aliphatic heterocycles. The zero-order valence-corrected chi connectivity index (χ0v) is 13.5. The maximum absolute atomic E-state index is 12.1. The van der Waals surface area contributed by atoms with Gasteiger partial charge in [-0.1, -0.05) is 15.9 Å². The van der Waals surface area contributed by atoms with Gasteiger partial charge in [0.05, 0.1) is 17.5 Å². The lowest BCUT2D eigenvalue weighted by molar-refractivity contribution is -0.119. The smallest absolute Gasteiger partial charge is 0.224 e. The van der Waals surface area contributed by atoms with Crippen LogP contribution in [0.1, 0.15) is 31.7 Å². The van der Waals surface area contributed by atoms with Crippen LogP contribution in [0.25, 0.3) is 0 Å². The van der Waals surface area contributed by atoms with Crippen molar-refractivity contribution in [1.82, 2.24) is 0 Å². The quantitative estimate of drug-likeness (QED) is 0.806. The molecule has 1 aliphatic rings. The van der Waals surface area contributed by atoms with Crippen LogP contribution in [0.4, 0.5) is 11.4 Å². The number of hydrogen-bond donors (Lipinski definition) is 2. The number of benzene rings is 1. The normalized spacial score (nSPS) is 21.4. The van der Waals surface area contributed by atoms with E-state index in [1.54, 1.807) is 6.07 Å². The van der Waals surface area contributed by atoms with Gasteiger partial charge in [0.2, 0.25) is 5.91 Å². The van der Waals surface area contributed by atoms with Gasteiger partial charge in [-0.05, 0) is 50.3 Å². The van der Waals surface area contributed by atoms with E-state index < -0.39 is 0 Å². The minimum atomic E-state index is 0.0297. The molecule has 1 amide bonds. The fourth-order valence-electron chi connectivity index (χ4n) is 2.61. The highest BCUT2D eigenvalue weighted by Crippen LogP contribution is 2.33. The number of carbonyl (C=O) groups is 1. The summed E-state index contributed by atoms with van der Waals surface area (Å²) in [5.41, 5.74) is 8.22. The first-order valence-electron chi connectivity index (χ1n) is 6.96. The summed E-state index contributed by atoms with van der Waals surface area (Å²) in [5, 5.41) is 2.93. The van der Waals surface area contributed by atoms with Crippen LogP contribution in [-0.4, -0.2) is 18.6 Å². The first-order valence-corrected chi connectivity index (χ1v) is 7.76. The van der Waals surface area contributed by atoms with E-state index in [9.17, 15) is 4.79 Å². The monoisotopic (exact) mass is 340 g/mol. The van der Waals surface area contributed by atoms with Gasteiger partial charge in [0, 0.05) is 17.5 Å². The topological polar surface area (TPSA) is 64.3 Å². The second-order valence-corrected chi connectivity index (χ2v) is 6.27. The predicted octanol–water partition coefficient (Wildman–Crippen LogP) is 3.48. The van der Waals surface area contributed by atoms with Crippen molar-refractivity contribution >= 4 is 33.2 Å². The molecule has 1 aromatic carbocycles. The molecule has 3 N–H and O–H groups in total. The number of nitrogens with two attached hydrogens (primary N) is 1. The number of carbonyl (C=O) groups excluding carboxylic acids is 1. The second kappa shape index (κ2) is 6.59. The van der Waals surface area contributed by atoms with E-state index in [1.165, 1.54) is 0 Å². The Hall–Kier alpha value is -1.07. The van der Waals surface area contributed by atoms with Crippen molar-refractivity contribution in [2.24, 2.45) is 5.92 Å². The summed E-state index contributed by atoms with van der Waals surface area (Å²) < 4.78 is 6.42. The molecular formula is C15H21BrN2O2. The summed E-state index contributed by atoms with van der Waals surface area (Å²) in [7, 11) is 0. The number of rotatable bonds is 5. The molecule has 0 atom stereocenters. The van der Waals surface area contributed by atoms with E-state index >= 15 is 0 Å². The van der Waals surface area contributed by atoms with Crippen molar-refractivity contribution in [2.45, 2.75) is 39.2 Å². The van der Waals surface area contributed by atoms with Gasteiger partial charge in [0.1, 0.15) is 0 Å². The lowest BCUT2D eigenvalue weighted by Crippen LogP contribution is -2.34. The van der Waals surface area contributed by atoms with Gasteiger partial charge in [0.25, 0.3) is 0 Å². The molecule has 0 aromatic heterocycles. The van der Waals surface area contributed by atoms with E-state index in [0.717, 1.165) is 35.2 Å². The fraction of sp³-hybridized carbons (Fsp3) is 0.533. The molecular weight excluding hydrogens is 320 g/mol. The Kier molecular flexibility index (Phi) is 5.05. The lowest BCUT2D eigenvalue weighted by atomic mass is 9.80. The van der Waals surface area contributed by atoms with E-state index in [4.69, 9.17) is 10.5 Å². The number of halogens is 1. The zero-order chi connectivity index (χ0) is 14.7. The number of amides is 1. The molecule has 1 fully saturated rings. The SMILES string of the molecule is CCOC1CC(CC(=O)Nc2c(C)cc(Br)cc2N)C1. The molecule has 4 nitrogen and oxygen atoms in total. The van der Waals surface area contributed by atoms with E-state index in [0.29, 0.717) is 24.1 Å². The van der Waals surface area contributed by atoms with Crippen LogP contribution in [0.3, 0.4) is 0 Å². The largest absolute Gasteiger partial charge is 0.397 e. The third-order valence-corrected chi connectivity index (χ3v) is 4.12. The summed E-state index contributed by atoms with van der Waals surface area (Å²) in [4.78, 5) is 12.1. The zero-order valence-electron chi connectivity index (χ0n) is 11.9. The maximum atomic E-state index is 12.1. The molecule has 20 heavy (non-hydrogen) atoms. The fourth-order valence-corrected chi connectivity index (χ4v) is 3.20. The van der Waals surface area contributed by atoms with Gasteiger partial charge in [-0.15, -0.1) is 0 Å². The van der Waals surface area contributed by atoms with Crippen LogP contribution >= 0.6 is 15.9 Å². The summed E-state index contributed by atoms with van der Waals surface area (Å²) in [5.74, 6) is 0.464. The Bertz CT molecular complexity index is 476. The predicted molar refractivity (Wildman–Crippen MR) is 84.7 cm³/mol. The summed E-state index contributed by atoms with van der Waals surface area (Å²) >= 11 is 3.39. The van der Waals surface area contributed by atoms with Crippen LogP contribution in [0.2, 0.25) is 0 Å². The molecule has 0 saturated heterocycles. The van der Waals surface area contributed by atoms with E-state index in [1.807, 2.05) is 19.9 Å². The number of hydrogen-bond acceptors (Lipinski definition) is 3. The Labute approximate surface area is 128 Å². The van der Waals surface area contributed by atoms with Crippen molar-refractivity contribution in [3.8, 4) is 0 Å². The lowest BCUT2D eigenvalue weighted by Gasteiger charge is -2.34. The van der Waals surface area contributed by atoms with E-state index in [2.05, 4.69) is 21.2 Å². The van der Waals surface area contributed by atoms with Gasteiger partial charge in [-0.2, -0.15) is 0 Å². The Balaban J connectivity index is 1.87. The first-order chi connectivity index (χ1) is 9.49. The average molecular weight is 341 g/mol. The van der Waals surface area contributed by atoms with Gasteiger partial charge < -0.3 is 15.8 Å². The van der Waals surface area contributed by atoms with Gasteiger partial charge in [-0.3, -0.25) is 4.79 Å². The summed E-state index contributed by atoms with van der Waals surface area (Å²) in [6.45, 7) is 4.68.